The second kappa shape index (κ2) is 12.6. The number of carbonyl (C=O) groups excluding carboxylic acids is 1. The lowest BCUT2D eigenvalue weighted by atomic mass is 9.82. The van der Waals surface area contributed by atoms with E-state index in [2.05, 4.69) is 24.5 Å². The molecule has 0 aliphatic carbocycles. The van der Waals surface area contributed by atoms with Gasteiger partial charge in [0.2, 0.25) is 5.91 Å². The predicted octanol–water partition coefficient (Wildman–Crippen LogP) is 6.07. The maximum Gasteiger partial charge on any atom is 0.232 e. The van der Waals surface area contributed by atoms with Crippen LogP contribution >= 0.6 is 11.6 Å². The minimum absolute atomic E-state index is 0.162. The molecule has 0 bridgehead atoms. The molecule has 1 N–H and O–H groups in total. The molecular weight excluding hydrogens is 411 g/mol. The number of amides is 1. The van der Waals surface area contributed by atoms with E-state index in [1.165, 1.54) is 12.1 Å². The third-order valence-electron chi connectivity index (χ3n) is 5.46. The van der Waals surface area contributed by atoms with Crippen LogP contribution in [0.25, 0.3) is 0 Å². The summed E-state index contributed by atoms with van der Waals surface area (Å²) in [5.74, 6) is 0.000988. The summed E-state index contributed by atoms with van der Waals surface area (Å²) in [5.41, 5.74) is 2.47. The van der Waals surface area contributed by atoms with Crippen LogP contribution in [0.2, 0.25) is 5.02 Å². The van der Waals surface area contributed by atoms with Crippen LogP contribution in [-0.4, -0.2) is 37.0 Å². The zero-order valence-electron chi connectivity index (χ0n) is 19.5. The highest BCUT2D eigenvalue weighted by Gasteiger charge is 2.35. The van der Waals surface area contributed by atoms with Crippen LogP contribution in [0.5, 0.6) is 0 Å². The molecule has 3 rings (SSSR count). The summed E-state index contributed by atoms with van der Waals surface area (Å²) in [4.78, 5) is 14.9. The van der Waals surface area contributed by atoms with Crippen molar-refractivity contribution >= 4 is 17.5 Å². The fourth-order valence-electron chi connectivity index (χ4n) is 3.63. The van der Waals surface area contributed by atoms with Crippen LogP contribution in [0, 0.1) is 19.7 Å². The Morgan fingerprint density at radius 3 is 2.19 bits per heavy atom. The zero-order valence-corrected chi connectivity index (χ0v) is 20.2. The molecule has 1 heterocycles. The summed E-state index contributed by atoms with van der Waals surface area (Å²) in [7, 11) is 1.93. The number of aryl methyl sites for hydroxylation is 2. The standard InChI is InChI=1S/C17H25ClN2O.C7H7F.C2H4/c1-12-9-13(11-14(18)10-12)17(2,3)16(21)20(4)15-5-7-19-8-6-15;1-6-3-2-4-7(8)5-6;1-2/h9-11,15,19H,5-8H2,1-4H3;2-5H,1H3;1-2H2. The van der Waals surface area contributed by atoms with E-state index in [-0.39, 0.29) is 11.7 Å². The molecule has 0 unspecified atom stereocenters. The van der Waals surface area contributed by atoms with Gasteiger partial charge in [0.05, 0.1) is 5.41 Å². The third kappa shape index (κ3) is 8.12. The van der Waals surface area contributed by atoms with Crippen LogP contribution in [0.15, 0.2) is 55.6 Å². The van der Waals surface area contributed by atoms with Crippen molar-refractivity contribution in [1.82, 2.24) is 10.2 Å². The van der Waals surface area contributed by atoms with Crippen LogP contribution in [-0.2, 0) is 10.2 Å². The molecule has 1 saturated heterocycles. The Hall–Kier alpha value is -2.17. The number of likely N-dealkylation sites (N-methyl/N-ethyl adjacent to an activating group) is 1. The average molecular weight is 447 g/mol. The van der Waals surface area contributed by atoms with Gasteiger partial charge in [-0.05, 0) is 94.6 Å². The topological polar surface area (TPSA) is 32.3 Å². The summed E-state index contributed by atoms with van der Waals surface area (Å²) in [6.45, 7) is 15.8. The fourth-order valence-corrected chi connectivity index (χ4v) is 3.92. The van der Waals surface area contributed by atoms with Gasteiger partial charge in [-0.3, -0.25) is 4.79 Å². The molecule has 170 valence electrons. The Balaban J connectivity index is 0.000000400. The number of nitrogens with one attached hydrogen (secondary N) is 1. The van der Waals surface area contributed by atoms with E-state index >= 15 is 0 Å². The molecule has 0 radical (unpaired) electrons. The van der Waals surface area contributed by atoms with Gasteiger partial charge < -0.3 is 10.2 Å². The molecule has 0 saturated carbocycles. The van der Waals surface area contributed by atoms with Gasteiger partial charge in [-0.2, -0.15) is 0 Å². The zero-order chi connectivity index (χ0) is 23.6. The normalized spacial score (nSPS) is 13.9. The Kier molecular flexibility index (Phi) is 10.9. The summed E-state index contributed by atoms with van der Waals surface area (Å²) < 4.78 is 12.2. The molecule has 0 atom stereocenters. The quantitative estimate of drug-likeness (QED) is 0.580. The second-order valence-corrected chi connectivity index (χ2v) is 8.77. The molecule has 1 aliphatic rings. The van der Waals surface area contributed by atoms with Crippen LogP contribution in [0.3, 0.4) is 0 Å². The maximum absolute atomic E-state index is 12.9. The fraction of sp³-hybridized carbons (Fsp3) is 0.423. The molecule has 1 fully saturated rings. The lowest BCUT2D eigenvalue weighted by molar-refractivity contribution is -0.137. The first-order valence-electron chi connectivity index (χ1n) is 10.6. The average Bonchev–Trinajstić information content (AvgIpc) is 2.74. The van der Waals surface area contributed by atoms with Crippen LogP contribution < -0.4 is 5.32 Å². The Labute approximate surface area is 192 Å². The van der Waals surface area contributed by atoms with Crippen molar-refractivity contribution in [3.8, 4) is 0 Å². The van der Waals surface area contributed by atoms with Gasteiger partial charge in [0, 0.05) is 18.1 Å². The number of rotatable bonds is 3. The van der Waals surface area contributed by atoms with Crippen LogP contribution in [0.4, 0.5) is 4.39 Å². The van der Waals surface area contributed by atoms with Gasteiger partial charge in [0.25, 0.3) is 0 Å². The lowest BCUT2D eigenvalue weighted by Gasteiger charge is -2.37. The smallest absolute Gasteiger partial charge is 0.232 e. The molecular formula is C26H36ClFN2O. The van der Waals surface area contributed by atoms with Crippen molar-refractivity contribution in [2.75, 3.05) is 20.1 Å². The van der Waals surface area contributed by atoms with E-state index < -0.39 is 5.41 Å². The Morgan fingerprint density at radius 1 is 1.10 bits per heavy atom. The molecule has 1 aliphatic heterocycles. The van der Waals surface area contributed by atoms with E-state index in [4.69, 9.17) is 11.6 Å². The lowest BCUT2D eigenvalue weighted by Crippen LogP contribution is -2.49. The molecule has 0 aromatic heterocycles. The minimum Gasteiger partial charge on any atom is -0.342 e. The molecule has 5 heteroatoms. The first-order chi connectivity index (χ1) is 14.6. The van der Waals surface area contributed by atoms with Gasteiger partial charge in [-0.1, -0.05) is 29.8 Å². The molecule has 2 aromatic carbocycles. The Bertz CT molecular complexity index is 810. The summed E-state index contributed by atoms with van der Waals surface area (Å²) >= 11 is 6.16. The van der Waals surface area contributed by atoms with Crippen molar-refractivity contribution < 1.29 is 9.18 Å². The third-order valence-corrected chi connectivity index (χ3v) is 5.67. The van der Waals surface area contributed by atoms with Gasteiger partial charge in [0.15, 0.2) is 0 Å². The number of hydrogen-bond donors (Lipinski definition) is 1. The van der Waals surface area contributed by atoms with E-state index in [0.717, 1.165) is 42.6 Å². The summed E-state index contributed by atoms with van der Waals surface area (Å²) in [6.07, 6.45) is 2.04. The van der Waals surface area contributed by atoms with E-state index in [0.29, 0.717) is 11.1 Å². The first-order valence-corrected chi connectivity index (χ1v) is 11.0. The highest BCUT2D eigenvalue weighted by molar-refractivity contribution is 6.30. The molecule has 31 heavy (non-hydrogen) atoms. The number of hydrogen-bond acceptors (Lipinski definition) is 2. The molecule has 1 amide bonds. The number of halogens is 2. The first kappa shape index (κ1) is 26.9. The SMILES string of the molecule is C=C.Cc1cc(Cl)cc(C(C)(C)C(=O)N(C)C2CCNCC2)c1.Cc1cccc(F)c1. The highest BCUT2D eigenvalue weighted by atomic mass is 35.5. The van der Waals surface area contributed by atoms with Gasteiger partial charge >= 0.3 is 0 Å². The van der Waals surface area contributed by atoms with E-state index in [1.54, 1.807) is 6.07 Å². The molecule has 3 nitrogen and oxygen atoms in total. The predicted molar refractivity (Wildman–Crippen MR) is 130 cm³/mol. The second-order valence-electron chi connectivity index (χ2n) is 8.34. The largest absolute Gasteiger partial charge is 0.342 e. The van der Waals surface area contributed by atoms with Gasteiger partial charge in [0.1, 0.15) is 5.82 Å². The summed E-state index contributed by atoms with van der Waals surface area (Å²) in [6, 6.07) is 12.7. The number of piperidine rings is 1. The van der Waals surface area contributed by atoms with Crippen LogP contribution in [0.1, 0.15) is 43.4 Å². The minimum atomic E-state index is -0.560. The van der Waals surface area contributed by atoms with Crippen molar-refractivity contribution in [2.45, 2.75) is 52.0 Å². The van der Waals surface area contributed by atoms with Crippen molar-refractivity contribution in [2.24, 2.45) is 0 Å². The van der Waals surface area contributed by atoms with Crippen molar-refractivity contribution in [1.29, 1.82) is 0 Å². The van der Waals surface area contributed by atoms with Crippen molar-refractivity contribution in [3.63, 3.8) is 0 Å². The molecule has 2 aromatic rings. The number of nitrogens with zero attached hydrogens (tertiary/aromatic N) is 1. The maximum atomic E-state index is 12.9. The summed E-state index contributed by atoms with van der Waals surface area (Å²) in [5, 5.41) is 4.03. The monoisotopic (exact) mass is 446 g/mol. The number of benzene rings is 2. The van der Waals surface area contributed by atoms with Gasteiger partial charge in [-0.15, -0.1) is 13.2 Å². The van der Waals surface area contributed by atoms with E-state index in [1.807, 2.05) is 57.8 Å². The van der Waals surface area contributed by atoms with Crippen molar-refractivity contribution in [3.05, 3.63) is 83.2 Å². The Morgan fingerprint density at radius 2 is 1.71 bits per heavy atom. The highest BCUT2D eigenvalue weighted by Crippen LogP contribution is 2.30. The molecule has 0 spiro atoms. The number of carbonyl (C=O) groups is 1. The van der Waals surface area contributed by atoms with E-state index in [9.17, 15) is 9.18 Å². The van der Waals surface area contributed by atoms with Gasteiger partial charge in [-0.25, -0.2) is 4.39 Å².